The molecule has 0 aliphatic carbocycles. The molecule has 2 heterocycles. The lowest BCUT2D eigenvalue weighted by atomic mass is 10.1. The number of hydrogen-bond acceptors (Lipinski definition) is 3. The van der Waals surface area contributed by atoms with E-state index in [1.165, 1.54) is 4.68 Å². The van der Waals surface area contributed by atoms with Crippen LogP contribution in [0.2, 0.25) is 0 Å². The van der Waals surface area contributed by atoms with E-state index in [0.717, 1.165) is 16.5 Å². The van der Waals surface area contributed by atoms with Crippen molar-refractivity contribution >= 4 is 57.4 Å². The number of hydrogen-bond donors (Lipinski definition) is 1. The van der Waals surface area contributed by atoms with Crippen LogP contribution in [0.3, 0.4) is 0 Å². The van der Waals surface area contributed by atoms with Gasteiger partial charge in [-0.2, -0.15) is 9.78 Å². The number of anilines is 1. The van der Waals surface area contributed by atoms with Gasteiger partial charge in [-0.3, -0.25) is 4.79 Å². The van der Waals surface area contributed by atoms with E-state index in [-0.39, 0.29) is 0 Å². The summed E-state index contributed by atoms with van der Waals surface area (Å²) in [5.41, 5.74) is 2.57. The highest BCUT2D eigenvalue weighted by Crippen LogP contribution is 2.28. The van der Waals surface area contributed by atoms with Crippen LogP contribution in [-0.2, 0) is 4.79 Å². The molecule has 5 nitrogen and oxygen atoms in total. The number of amides is 1. The predicted octanol–water partition coefficient (Wildman–Crippen LogP) is 4.35. The second kappa shape index (κ2) is 6.24. The van der Waals surface area contributed by atoms with Crippen molar-refractivity contribution in [2.45, 2.75) is 17.6 Å². The smallest absolute Gasteiger partial charge is 0.277 e. The van der Waals surface area contributed by atoms with Crippen molar-refractivity contribution in [2.75, 3.05) is 5.32 Å². The number of para-hydroxylation sites is 1. The highest BCUT2D eigenvalue weighted by atomic mass is 35.6. The fourth-order valence-electron chi connectivity index (χ4n) is 2.39. The van der Waals surface area contributed by atoms with Gasteiger partial charge in [0.15, 0.2) is 5.82 Å². The molecule has 0 aliphatic rings. The summed E-state index contributed by atoms with van der Waals surface area (Å²) in [6.07, 6.45) is 0. The SMILES string of the molecule is Cc1cc(NC(=O)C(Cl)(Cl)Cl)n(-c2cc(C)c3ccccc3n2)n1. The topological polar surface area (TPSA) is 59.8 Å². The Labute approximate surface area is 153 Å². The molecule has 8 heteroatoms. The van der Waals surface area contributed by atoms with Crippen molar-refractivity contribution in [1.29, 1.82) is 0 Å². The van der Waals surface area contributed by atoms with Crippen LogP contribution in [0.15, 0.2) is 36.4 Å². The molecule has 1 aromatic carbocycles. The molecule has 0 atom stereocenters. The maximum Gasteiger partial charge on any atom is 0.277 e. The molecule has 0 saturated carbocycles. The lowest BCUT2D eigenvalue weighted by Crippen LogP contribution is -2.28. The van der Waals surface area contributed by atoms with Gasteiger partial charge in [-0.15, -0.1) is 0 Å². The standard InChI is InChI=1S/C16H13Cl3N4O/c1-9-7-13(20-12-6-4-3-5-11(9)12)23-14(8-10(2)22-23)21-15(24)16(17,18)19/h3-8H,1-2H3,(H,21,24). The third kappa shape index (κ3) is 3.34. The fraction of sp³-hybridized carbons (Fsp3) is 0.188. The Morgan fingerprint density at radius 3 is 2.58 bits per heavy atom. The number of fused-ring (bicyclic) bond motifs is 1. The summed E-state index contributed by atoms with van der Waals surface area (Å²) in [7, 11) is 0. The minimum atomic E-state index is -2.06. The van der Waals surface area contributed by atoms with Gasteiger partial charge in [0.05, 0.1) is 11.2 Å². The summed E-state index contributed by atoms with van der Waals surface area (Å²) in [6.45, 7) is 3.79. The Hall–Kier alpha value is -1.82. The zero-order chi connectivity index (χ0) is 17.5. The van der Waals surface area contributed by atoms with Gasteiger partial charge in [0.25, 0.3) is 9.70 Å². The van der Waals surface area contributed by atoms with Gasteiger partial charge in [0, 0.05) is 11.5 Å². The average molecular weight is 384 g/mol. The third-order valence-corrected chi connectivity index (χ3v) is 3.97. The van der Waals surface area contributed by atoms with E-state index in [0.29, 0.717) is 17.3 Å². The number of nitrogens with zero attached hydrogens (tertiary/aromatic N) is 3. The summed E-state index contributed by atoms with van der Waals surface area (Å²) in [4.78, 5) is 16.5. The molecule has 0 saturated heterocycles. The summed E-state index contributed by atoms with van der Waals surface area (Å²) in [5.74, 6) is 0.191. The van der Waals surface area contributed by atoms with Crippen LogP contribution in [0.25, 0.3) is 16.7 Å². The summed E-state index contributed by atoms with van der Waals surface area (Å²) >= 11 is 16.8. The van der Waals surface area contributed by atoms with Crippen molar-refractivity contribution in [3.05, 3.63) is 47.7 Å². The number of carbonyl (C=O) groups is 1. The van der Waals surface area contributed by atoms with E-state index in [1.54, 1.807) is 13.0 Å². The van der Waals surface area contributed by atoms with Crippen molar-refractivity contribution in [1.82, 2.24) is 14.8 Å². The lowest BCUT2D eigenvalue weighted by Gasteiger charge is -2.13. The highest BCUT2D eigenvalue weighted by Gasteiger charge is 2.31. The number of aryl methyl sites for hydroxylation is 2. The number of alkyl halides is 3. The monoisotopic (exact) mass is 382 g/mol. The molecule has 2 aromatic heterocycles. The van der Waals surface area contributed by atoms with E-state index in [1.807, 2.05) is 37.3 Å². The van der Waals surface area contributed by atoms with Gasteiger partial charge >= 0.3 is 0 Å². The molecule has 3 aromatic rings. The van der Waals surface area contributed by atoms with Crippen LogP contribution < -0.4 is 5.32 Å². The van der Waals surface area contributed by atoms with Crippen LogP contribution in [0.4, 0.5) is 5.82 Å². The van der Waals surface area contributed by atoms with E-state index in [9.17, 15) is 4.79 Å². The number of carbonyl (C=O) groups excluding carboxylic acids is 1. The first-order chi connectivity index (χ1) is 11.3. The first kappa shape index (κ1) is 17.0. The number of rotatable bonds is 2. The average Bonchev–Trinajstić information content (AvgIpc) is 2.87. The number of benzene rings is 1. The van der Waals surface area contributed by atoms with E-state index < -0.39 is 9.70 Å². The van der Waals surface area contributed by atoms with Crippen LogP contribution in [0.5, 0.6) is 0 Å². The molecule has 0 radical (unpaired) electrons. The molecule has 0 bridgehead atoms. The molecule has 0 spiro atoms. The van der Waals surface area contributed by atoms with Gasteiger partial charge < -0.3 is 5.32 Å². The molecular formula is C16H13Cl3N4O. The van der Waals surface area contributed by atoms with Gasteiger partial charge in [0.1, 0.15) is 5.82 Å². The summed E-state index contributed by atoms with van der Waals surface area (Å²) < 4.78 is -0.543. The Morgan fingerprint density at radius 2 is 1.88 bits per heavy atom. The minimum Gasteiger partial charge on any atom is -0.307 e. The van der Waals surface area contributed by atoms with Crippen molar-refractivity contribution in [3.63, 3.8) is 0 Å². The molecule has 1 amide bonds. The number of pyridine rings is 1. The van der Waals surface area contributed by atoms with Crippen LogP contribution in [0.1, 0.15) is 11.3 Å². The second-order valence-electron chi connectivity index (χ2n) is 5.35. The molecule has 24 heavy (non-hydrogen) atoms. The fourth-order valence-corrected chi connectivity index (χ4v) is 2.53. The first-order valence-electron chi connectivity index (χ1n) is 7.07. The summed E-state index contributed by atoms with van der Waals surface area (Å²) in [6, 6.07) is 11.4. The molecule has 0 fully saturated rings. The second-order valence-corrected chi connectivity index (χ2v) is 7.63. The number of halogens is 3. The van der Waals surface area contributed by atoms with Crippen molar-refractivity contribution in [3.8, 4) is 5.82 Å². The maximum atomic E-state index is 11.9. The Balaban J connectivity index is 2.09. The van der Waals surface area contributed by atoms with Crippen molar-refractivity contribution < 1.29 is 4.79 Å². The summed E-state index contributed by atoms with van der Waals surface area (Å²) in [5, 5.41) is 7.99. The van der Waals surface area contributed by atoms with E-state index in [2.05, 4.69) is 15.4 Å². The third-order valence-electron chi connectivity index (χ3n) is 3.46. The molecule has 3 rings (SSSR count). The lowest BCUT2D eigenvalue weighted by molar-refractivity contribution is -0.115. The Kier molecular flexibility index (Phi) is 4.42. The molecular weight excluding hydrogens is 371 g/mol. The maximum absolute atomic E-state index is 11.9. The highest BCUT2D eigenvalue weighted by molar-refractivity contribution is 6.76. The Bertz CT molecular complexity index is 931. The molecule has 1 N–H and O–H groups in total. The van der Waals surface area contributed by atoms with E-state index >= 15 is 0 Å². The zero-order valence-corrected chi connectivity index (χ0v) is 15.1. The van der Waals surface area contributed by atoms with Crippen LogP contribution in [-0.4, -0.2) is 24.5 Å². The van der Waals surface area contributed by atoms with Crippen molar-refractivity contribution in [2.24, 2.45) is 0 Å². The quantitative estimate of drug-likeness (QED) is 0.669. The normalized spacial score (nSPS) is 11.7. The molecule has 0 aliphatic heterocycles. The van der Waals surface area contributed by atoms with Crippen LogP contribution in [0, 0.1) is 13.8 Å². The molecule has 124 valence electrons. The van der Waals surface area contributed by atoms with Gasteiger partial charge in [-0.25, -0.2) is 4.98 Å². The largest absolute Gasteiger partial charge is 0.307 e. The van der Waals surface area contributed by atoms with Gasteiger partial charge in [0.2, 0.25) is 0 Å². The molecule has 0 unspecified atom stereocenters. The first-order valence-corrected chi connectivity index (χ1v) is 8.21. The zero-order valence-electron chi connectivity index (χ0n) is 12.8. The number of nitrogens with one attached hydrogen (secondary N) is 1. The number of aromatic nitrogens is 3. The predicted molar refractivity (Wildman–Crippen MR) is 97.3 cm³/mol. The Morgan fingerprint density at radius 1 is 1.17 bits per heavy atom. The van der Waals surface area contributed by atoms with E-state index in [4.69, 9.17) is 34.8 Å². The van der Waals surface area contributed by atoms with Gasteiger partial charge in [-0.05, 0) is 31.5 Å². The minimum absolute atomic E-state index is 0.381. The van der Waals surface area contributed by atoms with Gasteiger partial charge in [-0.1, -0.05) is 53.0 Å². The van der Waals surface area contributed by atoms with Crippen LogP contribution >= 0.6 is 34.8 Å².